The number of carbonyl (C=O) groups excluding carboxylic acids is 2. The van der Waals surface area contributed by atoms with Gasteiger partial charge in [-0.15, -0.1) is 0 Å². The highest BCUT2D eigenvalue weighted by atomic mass is 19.1. The number of nitrogens with one attached hydrogen (secondary N) is 2. The van der Waals surface area contributed by atoms with Gasteiger partial charge in [-0.3, -0.25) is 14.2 Å². The standard InChI is InChI=1S/C23H24F2N6O4/c24-15-7-16(25)9-17(8-15)27-22(34)28-18-10-19-21(33)30(13-26-31(19)11-18)12-23(35)3-5-29(6-4-23)20(32)14-1-2-14/h7-11,13-14,35H,1-6,12H2,(H2,27,28,34). The Morgan fingerprint density at radius 1 is 1.06 bits per heavy atom. The molecule has 3 aromatic rings. The number of aliphatic hydroxyl groups is 1. The highest BCUT2D eigenvalue weighted by Gasteiger charge is 2.39. The molecule has 35 heavy (non-hydrogen) atoms. The Balaban J connectivity index is 1.26. The topological polar surface area (TPSA) is 121 Å². The fraction of sp³-hybridized carbons (Fsp3) is 0.391. The average Bonchev–Trinajstić information content (AvgIpc) is 3.55. The van der Waals surface area contributed by atoms with Gasteiger partial charge in [-0.25, -0.2) is 18.1 Å². The molecule has 0 atom stereocenters. The minimum absolute atomic E-state index is 0.0281. The van der Waals surface area contributed by atoms with Gasteiger partial charge >= 0.3 is 6.03 Å². The summed E-state index contributed by atoms with van der Waals surface area (Å²) in [6.45, 7) is 0.917. The number of anilines is 2. The Morgan fingerprint density at radius 3 is 2.37 bits per heavy atom. The number of carbonyl (C=O) groups is 2. The Bertz CT molecular complexity index is 1340. The lowest BCUT2D eigenvalue weighted by molar-refractivity contribution is -0.137. The Hall–Kier alpha value is -3.80. The molecule has 1 aliphatic carbocycles. The zero-order chi connectivity index (χ0) is 24.7. The molecule has 5 rings (SSSR count). The molecule has 2 fully saturated rings. The Morgan fingerprint density at radius 2 is 1.71 bits per heavy atom. The predicted molar refractivity (Wildman–Crippen MR) is 122 cm³/mol. The maximum absolute atomic E-state index is 13.3. The van der Waals surface area contributed by atoms with Gasteiger partial charge < -0.3 is 20.6 Å². The van der Waals surface area contributed by atoms with E-state index >= 15 is 0 Å². The van der Waals surface area contributed by atoms with Crippen LogP contribution in [0.2, 0.25) is 0 Å². The van der Waals surface area contributed by atoms with Gasteiger partial charge in [0.05, 0.1) is 24.0 Å². The second kappa shape index (κ2) is 8.77. The lowest BCUT2D eigenvalue weighted by Gasteiger charge is -2.38. The van der Waals surface area contributed by atoms with E-state index in [1.54, 1.807) is 4.90 Å². The number of nitrogens with zero attached hydrogens (tertiary/aromatic N) is 4. The van der Waals surface area contributed by atoms with E-state index in [2.05, 4.69) is 15.7 Å². The average molecular weight is 486 g/mol. The van der Waals surface area contributed by atoms with Gasteiger partial charge in [-0.05, 0) is 43.9 Å². The van der Waals surface area contributed by atoms with E-state index in [0.29, 0.717) is 32.0 Å². The minimum Gasteiger partial charge on any atom is -0.388 e. The molecule has 0 radical (unpaired) electrons. The van der Waals surface area contributed by atoms with E-state index in [0.717, 1.165) is 25.0 Å². The van der Waals surface area contributed by atoms with Crippen LogP contribution in [0.4, 0.5) is 25.0 Å². The maximum atomic E-state index is 13.3. The van der Waals surface area contributed by atoms with Crippen molar-refractivity contribution in [3.63, 3.8) is 0 Å². The molecule has 3 heterocycles. The van der Waals surface area contributed by atoms with Crippen LogP contribution in [0.15, 0.2) is 41.6 Å². The smallest absolute Gasteiger partial charge is 0.323 e. The van der Waals surface area contributed by atoms with E-state index < -0.39 is 28.8 Å². The summed E-state index contributed by atoms with van der Waals surface area (Å²) in [6.07, 6.45) is 5.31. The summed E-state index contributed by atoms with van der Waals surface area (Å²) in [6, 6.07) is 3.28. The fourth-order valence-corrected chi connectivity index (χ4v) is 4.33. The number of hydrogen-bond donors (Lipinski definition) is 3. The molecule has 0 unspecified atom stereocenters. The number of aromatic nitrogens is 3. The van der Waals surface area contributed by atoms with Crippen molar-refractivity contribution in [3.05, 3.63) is 58.8 Å². The Kier molecular flexibility index (Phi) is 5.75. The number of hydrogen-bond acceptors (Lipinski definition) is 5. The van der Waals surface area contributed by atoms with E-state index in [4.69, 9.17) is 0 Å². The molecule has 10 nitrogen and oxygen atoms in total. The molecule has 0 spiro atoms. The molecule has 1 aromatic carbocycles. The number of halogens is 2. The van der Waals surface area contributed by atoms with E-state index in [1.807, 2.05) is 0 Å². The van der Waals surface area contributed by atoms with Crippen molar-refractivity contribution in [1.29, 1.82) is 0 Å². The highest BCUT2D eigenvalue weighted by Crippen LogP contribution is 2.33. The van der Waals surface area contributed by atoms with E-state index in [9.17, 15) is 28.3 Å². The van der Waals surface area contributed by atoms with Crippen LogP contribution in [0.3, 0.4) is 0 Å². The quantitative estimate of drug-likeness (QED) is 0.511. The molecule has 1 saturated carbocycles. The largest absolute Gasteiger partial charge is 0.388 e. The number of urea groups is 1. The third-order valence-electron chi connectivity index (χ3n) is 6.37. The van der Waals surface area contributed by atoms with Crippen molar-refractivity contribution in [2.75, 3.05) is 23.7 Å². The summed E-state index contributed by atoms with van der Waals surface area (Å²) in [4.78, 5) is 39.2. The first kappa shape index (κ1) is 23.0. The molecule has 12 heteroatoms. The van der Waals surface area contributed by atoms with Crippen LogP contribution in [0.25, 0.3) is 5.52 Å². The van der Waals surface area contributed by atoms with Crippen molar-refractivity contribution in [2.45, 2.75) is 37.8 Å². The number of fused-ring (bicyclic) bond motifs is 1. The normalized spacial score (nSPS) is 17.4. The summed E-state index contributed by atoms with van der Waals surface area (Å²) < 4.78 is 29.2. The van der Waals surface area contributed by atoms with Gasteiger partial charge in [0.15, 0.2) is 0 Å². The first-order chi connectivity index (χ1) is 16.7. The Labute approximate surface area is 198 Å². The first-order valence-electron chi connectivity index (χ1n) is 11.3. The lowest BCUT2D eigenvalue weighted by Crippen LogP contribution is -2.50. The van der Waals surface area contributed by atoms with Crippen molar-refractivity contribution in [2.24, 2.45) is 5.92 Å². The van der Waals surface area contributed by atoms with Crippen LogP contribution >= 0.6 is 0 Å². The van der Waals surface area contributed by atoms with E-state index in [-0.39, 0.29) is 35.3 Å². The van der Waals surface area contributed by atoms with Crippen LogP contribution in [0, 0.1) is 17.6 Å². The minimum atomic E-state index is -1.14. The molecule has 1 aliphatic heterocycles. The summed E-state index contributed by atoms with van der Waals surface area (Å²) in [5.41, 5.74) is -1.21. The lowest BCUT2D eigenvalue weighted by atomic mass is 9.91. The molecule has 0 bridgehead atoms. The van der Waals surface area contributed by atoms with Crippen LogP contribution in [0.1, 0.15) is 25.7 Å². The van der Waals surface area contributed by atoms with Crippen LogP contribution < -0.4 is 16.2 Å². The number of benzene rings is 1. The van der Waals surface area contributed by atoms with Gasteiger partial charge in [0.2, 0.25) is 5.91 Å². The molecular formula is C23H24F2N6O4. The van der Waals surface area contributed by atoms with Gasteiger partial charge in [0.25, 0.3) is 5.56 Å². The SMILES string of the molecule is O=C(Nc1cc(F)cc(F)c1)Nc1cc2c(=O)n(CC3(O)CCN(C(=O)C4CC4)CC3)cnn2c1. The highest BCUT2D eigenvalue weighted by molar-refractivity contribution is 6.00. The zero-order valence-corrected chi connectivity index (χ0v) is 18.7. The number of likely N-dealkylation sites (tertiary alicyclic amines) is 1. The zero-order valence-electron chi connectivity index (χ0n) is 18.7. The molecule has 2 aliphatic rings. The summed E-state index contributed by atoms with van der Waals surface area (Å²) in [7, 11) is 0. The second-order valence-electron chi connectivity index (χ2n) is 9.18. The van der Waals surface area contributed by atoms with Crippen LogP contribution in [0.5, 0.6) is 0 Å². The third-order valence-corrected chi connectivity index (χ3v) is 6.37. The van der Waals surface area contributed by atoms with Crippen molar-refractivity contribution in [3.8, 4) is 0 Å². The van der Waals surface area contributed by atoms with Crippen molar-refractivity contribution < 1.29 is 23.5 Å². The van der Waals surface area contributed by atoms with Crippen LogP contribution in [-0.2, 0) is 11.3 Å². The van der Waals surface area contributed by atoms with Crippen molar-refractivity contribution in [1.82, 2.24) is 19.1 Å². The molecule has 1 saturated heterocycles. The second-order valence-corrected chi connectivity index (χ2v) is 9.18. The van der Waals surface area contributed by atoms with Gasteiger partial charge in [-0.2, -0.15) is 5.10 Å². The van der Waals surface area contributed by atoms with E-state index in [1.165, 1.54) is 27.7 Å². The summed E-state index contributed by atoms with van der Waals surface area (Å²) >= 11 is 0. The molecule has 3 amide bonds. The number of rotatable bonds is 5. The molecule has 184 valence electrons. The van der Waals surface area contributed by atoms with Gasteiger partial charge in [-0.1, -0.05) is 0 Å². The first-order valence-corrected chi connectivity index (χ1v) is 11.3. The summed E-state index contributed by atoms with van der Waals surface area (Å²) in [5.74, 6) is -1.39. The molecular weight excluding hydrogens is 462 g/mol. The van der Waals surface area contributed by atoms with Gasteiger partial charge in [0, 0.05) is 30.8 Å². The molecule has 2 aromatic heterocycles. The number of piperidine rings is 1. The van der Waals surface area contributed by atoms with Gasteiger partial charge in [0.1, 0.15) is 23.5 Å². The van der Waals surface area contributed by atoms with Crippen LogP contribution in [-0.4, -0.2) is 54.8 Å². The summed E-state index contributed by atoms with van der Waals surface area (Å²) in [5, 5.41) is 20.0. The fourth-order valence-electron chi connectivity index (χ4n) is 4.33. The van der Waals surface area contributed by atoms with Crippen molar-refractivity contribution >= 4 is 28.8 Å². The molecule has 3 N–H and O–H groups in total. The monoisotopic (exact) mass is 486 g/mol. The number of amides is 3. The third kappa shape index (κ3) is 5.02. The maximum Gasteiger partial charge on any atom is 0.323 e. The predicted octanol–water partition coefficient (Wildman–Crippen LogP) is 2.18.